The molecule has 2 aromatic rings. The van der Waals surface area contributed by atoms with Crippen molar-refractivity contribution in [1.29, 1.82) is 0 Å². The van der Waals surface area contributed by atoms with Crippen molar-refractivity contribution in [2.75, 3.05) is 14.2 Å². The zero-order valence-electron chi connectivity index (χ0n) is 10.4. The first-order valence-electron chi connectivity index (χ1n) is 5.32. The summed E-state index contributed by atoms with van der Waals surface area (Å²) < 4.78 is 1.78. The monoisotopic (exact) mass is 233 g/mol. The molecule has 0 aliphatic rings. The Balaban J connectivity index is 2.61. The summed E-state index contributed by atoms with van der Waals surface area (Å²) in [6.45, 7) is 3.81. The molecule has 0 N–H and O–H groups in total. The smallest absolute Gasteiger partial charge is 0.295 e. The highest BCUT2D eigenvalue weighted by Crippen LogP contribution is 2.15. The number of pyridine rings is 1. The summed E-state index contributed by atoms with van der Waals surface area (Å²) in [5.74, 6) is -0.207. The predicted octanol–water partition coefficient (Wildman–Crippen LogP) is 1.58. The molecule has 0 aromatic carbocycles. The van der Waals surface area contributed by atoms with E-state index in [-0.39, 0.29) is 5.91 Å². The minimum atomic E-state index is -0.207. The Morgan fingerprint density at radius 2 is 2.18 bits per heavy atom. The van der Waals surface area contributed by atoms with Crippen LogP contribution < -0.4 is 0 Å². The lowest BCUT2D eigenvalue weighted by Gasteiger charge is -2.13. The maximum atomic E-state index is 12.1. The highest BCUT2D eigenvalue weighted by molar-refractivity contribution is 5.93. The van der Waals surface area contributed by atoms with Crippen LogP contribution in [0.4, 0.5) is 0 Å². The molecule has 0 radical (unpaired) electrons. The average molecular weight is 233 g/mol. The SMILES string of the molecule is CON(C)C(=O)c1c(C)nc2cc(C)ccn12. The molecule has 5 nitrogen and oxygen atoms in total. The molecule has 90 valence electrons. The Bertz CT molecular complexity index is 574. The van der Waals surface area contributed by atoms with E-state index in [0.717, 1.165) is 11.2 Å². The molecule has 17 heavy (non-hydrogen) atoms. The first-order chi connectivity index (χ1) is 8.04. The third kappa shape index (κ3) is 1.89. The summed E-state index contributed by atoms with van der Waals surface area (Å²) in [5.41, 5.74) is 3.12. The van der Waals surface area contributed by atoms with Gasteiger partial charge in [-0.3, -0.25) is 14.0 Å². The molecule has 0 saturated heterocycles. The largest absolute Gasteiger partial charge is 0.296 e. The van der Waals surface area contributed by atoms with Gasteiger partial charge in [-0.1, -0.05) is 0 Å². The highest BCUT2D eigenvalue weighted by atomic mass is 16.7. The summed E-state index contributed by atoms with van der Waals surface area (Å²) in [6, 6.07) is 3.88. The van der Waals surface area contributed by atoms with Crippen molar-refractivity contribution < 1.29 is 9.63 Å². The first kappa shape index (κ1) is 11.6. The van der Waals surface area contributed by atoms with Crippen LogP contribution in [0.1, 0.15) is 21.7 Å². The Hall–Kier alpha value is -1.88. The van der Waals surface area contributed by atoms with Gasteiger partial charge in [-0.15, -0.1) is 0 Å². The molecule has 2 rings (SSSR count). The number of amides is 1. The molecule has 5 heteroatoms. The number of carbonyl (C=O) groups excluding carboxylic acids is 1. The quantitative estimate of drug-likeness (QED) is 0.740. The second-order valence-corrected chi connectivity index (χ2v) is 3.96. The molecule has 0 unspecified atom stereocenters. The number of imidazole rings is 1. The average Bonchev–Trinajstić information content (AvgIpc) is 2.62. The fourth-order valence-electron chi connectivity index (χ4n) is 1.75. The second-order valence-electron chi connectivity index (χ2n) is 3.96. The van der Waals surface area contributed by atoms with Gasteiger partial charge in [0.1, 0.15) is 11.3 Å². The molecule has 0 saturated carbocycles. The maximum absolute atomic E-state index is 12.1. The highest BCUT2D eigenvalue weighted by Gasteiger charge is 2.19. The molecule has 2 heterocycles. The Labute approximate surface area is 99.6 Å². The Kier molecular flexibility index (Phi) is 2.85. The lowest BCUT2D eigenvalue weighted by Crippen LogP contribution is -2.27. The number of hydroxylamine groups is 2. The third-order valence-corrected chi connectivity index (χ3v) is 2.72. The molecular formula is C12H15N3O2. The normalized spacial score (nSPS) is 10.8. The number of hydrogen-bond donors (Lipinski definition) is 0. The lowest BCUT2D eigenvalue weighted by atomic mass is 10.3. The van der Waals surface area contributed by atoms with Crippen molar-refractivity contribution in [2.45, 2.75) is 13.8 Å². The number of nitrogens with zero attached hydrogens (tertiary/aromatic N) is 3. The molecule has 2 aromatic heterocycles. The number of hydrogen-bond acceptors (Lipinski definition) is 3. The molecule has 0 aliphatic heterocycles. The summed E-state index contributed by atoms with van der Waals surface area (Å²) in [6.07, 6.45) is 1.85. The van der Waals surface area contributed by atoms with Crippen molar-refractivity contribution in [1.82, 2.24) is 14.4 Å². The molecule has 0 fully saturated rings. The van der Waals surface area contributed by atoms with E-state index < -0.39 is 0 Å². The van der Waals surface area contributed by atoms with Crippen molar-refractivity contribution in [3.8, 4) is 0 Å². The van der Waals surface area contributed by atoms with Gasteiger partial charge >= 0.3 is 0 Å². The molecule has 0 bridgehead atoms. The van der Waals surface area contributed by atoms with E-state index in [9.17, 15) is 4.79 Å². The Morgan fingerprint density at radius 1 is 1.47 bits per heavy atom. The molecule has 0 spiro atoms. The zero-order valence-corrected chi connectivity index (χ0v) is 10.4. The lowest BCUT2D eigenvalue weighted by molar-refractivity contribution is -0.0761. The number of aromatic nitrogens is 2. The van der Waals surface area contributed by atoms with E-state index in [2.05, 4.69) is 4.98 Å². The van der Waals surface area contributed by atoms with Crippen LogP contribution in [-0.2, 0) is 4.84 Å². The van der Waals surface area contributed by atoms with E-state index in [0.29, 0.717) is 11.4 Å². The topological polar surface area (TPSA) is 46.8 Å². The minimum absolute atomic E-state index is 0.207. The van der Waals surface area contributed by atoms with Gasteiger partial charge in [0.15, 0.2) is 0 Å². The number of carbonyl (C=O) groups is 1. The maximum Gasteiger partial charge on any atom is 0.296 e. The van der Waals surface area contributed by atoms with Gasteiger partial charge in [0.2, 0.25) is 0 Å². The number of rotatable bonds is 2. The first-order valence-corrected chi connectivity index (χ1v) is 5.32. The molecule has 1 amide bonds. The van der Waals surface area contributed by atoms with Crippen LogP contribution in [0.15, 0.2) is 18.3 Å². The summed E-state index contributed by atoms with van der Waals surface area (Å²) >= 11 is 0. The van der Waals surface area contributed by atoms with Crippen LogP contribution in [0, 0.1) is 13.8 Å². The van der Waals surface area contributed by atoms with E-state index in [4.69, 9.17) is 4.84 Å². The van der Waals surface area contributed by atoms with Crippen LogP contribution >= 0.6 is 0 Å². The van der Waals surface area contributed by atoms with Gasteiger partial charge in [0.25, 0.3) is 5.91 Å². The summed E-state index contributed by atoms with van der Waals surface area (Å²) in [5, 5.41) is 1.19. The van der Waals surface area contributed by atoms with Crippen LogP contribution in [0.5, 0.6) is 0 Å². The van der Waals surface area contributed by atoms with E-state index in [1.165, 1.54) is 12.2 Å². The van der Waals surface area contributed by atoms with Crippen molar-refractivity contribution >= 4 is 11.6 Å². The van der Waals surface area contributed by atoms with Gasteiger partial charge in [-0.2, -0.15) is 0 Å². The van der Waals surface area contributed by atoms with Crippen molar-refractivity contribution in [3.63, 3.8) is 0 Å². The molecule has 0 aliphatic carbocycles. The number of aryl methyl sites for hydroxylation is 2. The van der Waals surface area contributed by atoms with E-state index >= 15 is 0 Å². The fourth-order valence-corrected chi connectivity index (χ4v) is 1.75. The van der Waals surface area contributed by atoms with Gasteiger partial charge in [0, 0.05) is 13.2 Å². The standard InChI is InChI=1S/C12H15N3O2/c1-8-5-6-15-10(7-8)13-9(2)11(15)12(16)14(3)17-4/h5-7H,1-4H3. The number of fused-ring (bicyclic) bond motifs is 1. The van der Waals surface area contributed by atoms with Gasteiger partial charge in [-0.25, -0.2) is 10.0 Å². The van der Waals surface area contributed by atoms with Crippen LogP contribution in [0.3, 0.4) is 0 Å². The minimum Gasteiger partial charge on any atom is -0.295 e. The van der Waals surface area contributed by atoms with Gasteiger partial charge in [0.05, 0.1) is 12.8 Å². The second kappa shape index (κ2) is 4.18. The van der Waals surface area contributed by atoms with Crippen LogP contribution in [0.25, 0.3) is 5.65 Å². The van der Waals surface area contributed by atoms with Crippen molar-refractivity contribution in [3.05, 3.63) is 35.3 Å². The fraction of sp³-hybridized carbons (Fsp3) is 0.333. The van der Waals surface area contributed by atoms with Crippen LogP contribution in [-0.4, -0.2) is 34.5 Å². The van der Waals surface area contributed by atoms with Gasteiger partial charge < -0.3 is 0 Å². The van der Waals surface area contributed by atoms with E-state index in [1.54, 1.807) is 11.4 Å². The Morgan fingerprint density at radius 3 is 2.82 bits per heavy atom. The molecule has 0 atom stereocenters. The van der Waals surface area contributed by atoms with Crippen molar-refractivity contribution in [2.24, 2.45) is 0 Å². The van der Waals surface area contributed by atoms with E-state index in [1.807, 2.05) is 32.2 Å². The van der Waals surface area contributed by atoms with Gasteiger partial charge in [-0.05, 0) is 31.5 Å². The molecular weight excluding hydrogens is 218 g/mol. The summed E-state index contributed by atoms with van der Waals surface area (Å²) in [7, 11) is 3.04. The third-order valence-electron chi connectivity index (χ3n) is 2.72. The zero-order chi connectivity index (χ0) is 12.6. The summed E-state index contributed by atoms with van der Waals surface area (Å²) in [4.78, 5) is 21.4. The predicted molar refractivity (Wildman–Crippen MR) is 63.8 cm³/mol. The van der Waals surface area contributed by atoms with Crippen LogP contribution in [0.2, 0.25) is 0 Å².